The van der Waals surface area contributed by atoms with Gasteiger partial charge in [0.2, 0.25) is 0 Å². The average Bonchev–Trinajstić information content (AvgIpc) is 2.72. The van der Waals surface area contributed by atoms with Gasteiger partial charge in [0, 0.05) is 5.92 Å². The van der Waals surface area contributed by atoms with Crippen molar-refractivity contribution in [1.82, 2.24) is 0 Å². The van der Waals surface area contributed by atoms with Crippen molar-refractivity contribution in [3.63, 3.8) is 0 Å². The minimum Gasteiger partial charge on any atom is -0.481 e. The number of hydrogen-bond donors (Lipinski definition) is 1. The molecule has 3 unspecified atom stereocenters. The predicted molar refractivity (Wildman–Crippen MR) is 65.9 cm³/mol. The van der Waals surface area contributed by atoms with Crippen LogP contribution >= 0.6 is 0 Å². The quantitative estimate of drug-likeness (QED) is 0.605. The van der Waals surface area contributed by atoms with E-state index in [0.717, 1.165) is 12.0 Å². The highest BCUT2D eigenvalue weighted by atomic mass is 16.6. The molecule has 0 saturated heterocycles. The van der Waals surface area contributed by atoms with Crippen LogP contribution in [0.1, 0.15) is 40.5 Å². The number of esters is 1. The maximum atomic E-state index is 12.0. The fourth-order valence-corrected chi connectivity index (χ4v) is 2.88. The maximum Gasteiger partial charge on any atom is 0.312 e. The lowest BCUT2D eigenvalue weighted by atomic mass is 9.80. The number of carbonyl (C=O) groups excluding carboxylic acids is 1. The Labute approximate surface area is 107 Å². The van der Waals surface area contributed by atoms with E-state index < -0.39 is 22.9 Å². The maximum absolute atomic E-state index is 12.0. The van der Waals surface area contributed by atoms with Gasteiger partial charge >= 0.3 is 11.9 Å². The fourth-order valence-electron chi connectivity index (χ4n) is 2.88. The lowest BCUT2D eigenvalue weighted by molar-refractivity contribution is -0.171. The smallest absolute Gasteiger partial charge is 0.312 e. The number of fused-ring (bicyclic) bond motifs is 2. The van der Waals surface area contributed by atoms with Gasteiger partial charge in [-0.15, -0.1) is 0 Å². The molecule has 1 saturated carbocycles. The summed E-state index contributed by atoms with van der Waals surface area (Å²) in [5.41, 5.74) is -0.208. The molecule has 1 fully saturated rings. The third kappa shape index (κ3) is 2.04. The Morgan fingerprint density at radius 1 is 1.39 bits per heavy atom. The Bertz CT molecular complexity index is 430. The van der Waals surface area contributed by atoms with Gasteiger partial charge in [-0.1, -0.05) is 5.57 Å². The van der Waals surface area contributed by atoms with Crippen molar-refractivity contribution in [2.75, 3.05) is 0 Å². The van der Waals surface area contributed by atoms with Crippen LogP contribution in [0.15, 0.2) is 11.6 Å². The molecule has 100 valence electrons. The van der Waals surface area contributed by atoms with E-state index in [9.17, 15) is 14.7 Å². The van der Waals surface area contributed by atoms with E-state index in [-0.39, 0.29) is 11.9 Å². The molecule has 3 atom stereocenters. The molecule has 0 aromatic rings. The number of hydrogen-bond acceptors (Lipinski definition) is 3. The minimum absolute atomic E-state index is 0.115. The van der Waals surface area contributed by atoms with Crippen molar-refractivity contribution in [3.8, 4) is 0 Å². The topological polar surface area (TPSA) is 63.6 Å². The Kier molecular flexibility index (Phi) is 2.80. The van der Waals surface area contributed by atoms with Crippen molar-refractivity contribution in [2.24, 2.45) is 17.3 Å². The first-order chi connectivity index (χ1) is 8.13. The van der Waals surface area contributed by atoms with E-state index in [4.69, 9.17) is 4.74 Å². The highest BCUT2D eigenvalue weighted by molar-refractivity contribution is 5.77. The number of carboxylic acid groups (broad SMARTS) is 1. The summed E-state index contributed by atoms with van der Waals surface area (Å²) in [6.45, 7) is 7.22. The van der Waals surface area contributed by atoms with Gasteiger partial charge in [-0.25, -0.2) is 0 Å². The Hall–Kier alpha value is -1.32. The van der Waals surface area contributed by atoms with Crippen molar-refractivity contribution in [2.45, 2.75) is 46.1 Å². The van der Waals surface area contributed by atoms with E-state index in [2.05, 4.69) is 0 Å². The van der Waals surface area contributed by atoms with Gasteiger partial charge in [0.1, 0.15) is 5.60 Å². The first-order valence-electron chi connectivity index (χ1n) is 6.30. The van der Waals surface area contributed by atoms with Crippen LogP contribution in [0.3, 0.4) is 0 Å². The molecule has 0 radical (unpaired) electrons. The second-order valence-electron chi connectivity index (χ2n) is 6.59. The van der Waals surface area contributed by atoms with E-state index in [1.165, 1.54) is 0 Å². The summed E-state index contributed by atoms with van der Waals surface area (Å²) >= 11 is 0. The molecule has 0 aliphatic heterocycles. The van der Waals surface area contributed by atoms with Crippen molar-refractivity contribution in [3.05, 3.63) is 11.6 Å². The summed E-state index contributed by atoms with van der Waals surface area (Å²) in [5, 5.41) is 9.19. The summed E-state index contributed by atoms with van der Waals surface area (Å²) in [6, 6.07) is 0. The van der Waals surface area contributed by atoms with Gasteiger partial charge in [0.25, 0.3) is 0 Å². The standard InChI is InChI=1S/C14H20O4/c1-13(2,3)12(17)18-14(4)7-8-5-9(11(15)16)10(14)6-8/h7,9-10H,5-6H2,1-4H3,(H,15,16). The third-order valence-electron chi connectivity index (χ3n) is 3.92. The van der Waals surface area contributed by atoms with Gasteiger partial charge in [-0.3, -0.25) is 9.59 Å². The number of aliphatic carboxylic acids is 1. The summed E-state index contributed by atoms with van der Waals surface area (Å²) in [4.78, 5) is 23.2. The number of carbonyl (C=O) groups is 2. The molecule has 4 nitrogen and oxygen atoms in total. The average molecular weight is 252 g/mol. The number of ether oxygens (including phenoxy) is 1. The summed E-state index contributed by atoms with van der Waals surface area (Å²) < 4.78 is 5.60. The molecule has 2 rings (SSSR count). The number of allylic oxidation sites excluding steroid dienone is 1. The lowest BCUT2D eigenvalue weighted by Crippen LogP contribution is -2.43. The van der Waals surface area contributed by atoms with Gasteiger partial charge in [0.05, 0.1) is 11.3 Å². The lowest BCUT2D eigenvalue weighted by Gasteiger charge is -2.35. The van der Waals surface area contributed by atoms with Crippen LogP contribution in [0.25, 0.3) is 0 Å². The summed E-state index contributed by atoms with van der Waals surface area (Å²) in [7, 11) is 0. The highest BCUT2D eigenvalue weighted by Gasteiger charge is 2.53. The van der Waals surface area contributed by atoms with E-state index in [1.807, 2.05) is 13.0 Å². The van der Waals surface area contributed by atoms with E-state index in [1.54, 1.807) is 20.8 Å². The summed E-state index contributed by atoms with van der Waals surface area (Å²) in [6.07, 6.45) is 3.29. The molecule has 0 amide bonds. The first-order valence-corrected chi connectivity index (χ1v) is 6.30. The molecule has 18 heavy (non-hydrogen) atoms. The normalized spacial score (nSPS) is 34.3. The van der Waals surface area contributed by atoms with Crippen molar-refractivity contribution < 1.29 is 19.4 Å². The monoisotopic (exact) mass is 252 g/mol. The van der Waals surface area contributed by atoms with Crippen LogP contribution in [0.2, 0.25) is 0 Å². The Morgan fingerprint density at radius 3 is 2.44 bits per heavy atom. The molecule has 1 N–H and O–H groups in total. The van der Waals surface area contributed by atoms with Gasteiger partial charge in [-0.05, 0) is 46.6 Å². The van der Waals surface area contributed by atoms with Gasteiger partial charge < -0.3 is 9.84 Å². The molecule has 2 bridgehead atoms. The second kappa shape index (κ2) is 3.84. The zero-order chi connectivity index (χ0) is 13.7. The second-order valence-corrected chi connectivity index (χ2v) is 6.59. The van der Waals surface area contributed by atoms with Crippen LogP contribution in [-0.4, -0.2) is 22.6 Å². The first kappa shape index (κ1) is 13.1. The predicted octanol–water partition coefficient (Wildman–Crippen LogP) is 2.39. The van der Waals surface area contributed by atoms with Gasteiger partial charge in [-0.2, -0.15) is 0 Å². The zero-order valence-electron chi connectivity index (χ0n) is 11.3. The minimum atomic E-state index is -0.791. The molecular formula is C14H20O4. The van der Waals surface area contributed by atoms with Crippen LogP contribution in [0.5, 0.6) is 0 Å². The summed E-state index contributed by atoms with van der Waals surface area (Å²) in [5.74, 6) is -1.60. The third-order valence-corrected chi connectivity index (χ3v) is 3.92. The molecule has 2 aliphatic rings. The molecule has 0 heterocycles. The van der Waals surface area contributed by atoms with Crippen LogP contribution in [0, 0.1) is 17.3 Å². The Morgan fingerprint density at radius 2 is 2.00 bits per heavy atom. The van der Waals surface area contributed by atoms with Crippen LogP contribution < -0.4 is 0 Å². The molecule has 0 aromatic heterocycles. The molecule has 0 aromatic carbocycles. The molecule has 2 aliphatic carbocycles. The number of rotatable bonds is 2. The van der Waals surface area contributed by atoms with Crippen molar-refractivity contribution >= 4 is 11.9 Å². The van der Waals surface area contributed by atoms with E-state index in [0.29, 0.717) is 6.42 Å². The van der Waals surface area contributed by atoms with Gasteiger partial charge in [0.15, 0.2) is 0 Å². The SMILES string of the molecule is CC(C)(C)C(=O)OC1(C)C=C2CC(C(=O)O)C1C2. The highest BCUT2D eigenvalue weighted by Crippen LogP contribution is 2.51. The Balaban J connectivity index is 2.19. The molecular weight excluding hydrogens is 232 g/mol. The zero-order valence-corrected chi connectivity index (χ0v) is 11.3. The fraction of sp³-hybridized carbons (Fsp3) is 0.714. The molecule has 4 heteroatoms. The number of carboxylic acids is 1. The van der Waals surface area contributed by atoms with Crippen LogP contribution in [0.4, 0.5) is 0 Å². The van der Waals surface area contributed by atoms with E-state index >= 15 is 0 Å². The molecule has 0 spiro atoms. The van der Waals surface area contributed by atoms with Crippen molar-refractivity contribution in [1.29, 1.82) is 0 Å². The van der Waals surface area contributed by atoms with Crippen LogP contribution in [-0.2, 0) is 14.3 Å². The largest absolute Gasteiger partial charge is 0.481 e.